The molecule has 0 heterocycles. The summed E-state index contributed by atoms with van der Waals surface area (Å²) in [7, 11) is 7.81. The van der Waals surface area contributed by atoms with Gasteiger partial charge in [0.25, 0.3) is 0 Å². The van der Waals surface area contributed by atoms with Gasteiger partial charge in [0.15, 0.2) is 23.0 Å². The summed E-state index contributed by atoms with van der Waals surface area (Å²) in [6.07, 6.45) is 1.12. The maximum absolute atomic E-state index is 14.0. The SMILES string of the molecule is COc1ccc(C(NC(=O)C(Nc2ccc3c(cc2=O)C(NC(C)=O)CCc2cc(OC)c(OC)c(OC)c2-3)C(C)C)C(C)C)cc1OC. The fourth-order valence-electron chi connectivity index (χ4n) is 6.45. The van der Waals surface area contributed by atoms with Crippen LogP contribution in [0.25, 0.3) is 11.1 Å². The molecule has 0 spiro atoms. The quantitative estimate of drug-likeness (QED) is 0.205. The number of rotatable bonds is 13. The molecular weight excluding hydrogens is 626 g/mol. The predicted molar refractivity (Wildman–Crippen MR) is 190 cm³/mol. The highest BCUT2D eigenvalue weighted by atomic mass is 16.5. The zero-order valence-electron chi connectivity index (χ0n) is 30.1. The number of amides is 2. The molecule has 3 N–H and O–H groups in total. The van der Waals surface area contributed by atoms with E-state index in [1.165, 1.54) is 6.92 Å². The first kappa shape index (κ1) is 36.9. The van der Waals surface area contributed by atoms with Gasteiger partial charge < -0.3 is 39.6 Å². The molecular formula is C38H49N3O8. The topological polar surface area (TPSA) is 133 Å². The summed E-state index contributed by atoms with van der Waals surface area (Å²) in [5, 5.41) is 9.49. The molecule has 2 amide bonds. The predicted octanol–water partition coefficient (Wildman–Crippen LogP) is 5.83. The van der Waals surface area contributed by atoms with Gasteiger partial charge >= 0.3 is 0 Å². The van der Waals surface area contributed by atoms with Crippen LogP contribution >= 0.6 is 0 Å². The molecule has 3 aromatic rings. The number of hydrogen-bond donors (Lipinski definition) is 3. The highest BCUT2D eigenvalue weighted by molar-refractivity contribution is 5.86. The Bertz CT molecular complexity index is 1740. The van der Waals surface area contributed by atoms with Crippen molar-refractivity contribution >= 4 is 17.5 Å². The first-order valence-electron chi connectivity index (χ1n) is 16.4. The van der Waals surface area contributed by atoms with E-state index in [1.54, 1.807) is 47.7 Å². The molecule has 49 heavy (non-hydrogen) atoms. The average Bonchev–Trinajstić information content (AvgIpc) is 3.32. The molecule has 3 unspecified atom stereocenters. The van der Waals surface area contributed by atoms with E-state index in [0.717, 1.165) is 16.7 Å². The van der Waals surface area contributed by atoms with Crippen LogP contribution in [0, 0.1) is 11.8 Å². The van der Waals surface area contributed by atoms with Crippen molar-refractivity contribution in [1.29, 1.82) is 0 Å². The third kappa shape index (κ3) is 7.87. The van der Waals surface area contributed by atoms with E-state index >= 15 is 0 Å². The summed E-state index contributed by atoms with van der Waals surface area (Å²) in [4.78, 5) is 40.3. The summed E-state index contributed by atoms with van der Waals surface area (Å²) in [6, 6.07) is 11.0. The Morgan fingerprint density at radius 1 is 0.776 bits per heavy atom. The molecule has 11 nitrogen and oxygen atoms in total. The smallest absolute Gasteiger partial charge is 0.243 e. The number of aryl methyl sites for hydroxylation is 1. The maximum atomic E-state index is 14.0. The molecule has 4 rings (SSSR count). The average molecular weight is 676 g/mol. The monoisotopic (exact) mass is 675 g/mol. The van der Waals surface area contributed by atoms with E-state index in [4.69, 9.17) is 23.7 Å². The van der Waals surface area contributed by atoms with E-state index < -0.39 is 12.1 Å². The molecule has 1 aliphatic rings. The molecule has 0 fully saturated rings. The van der Waals surface area contributed by atoms with E-state index in [0.29, 0.717) is 52.7 Å². The summed E-state index contributed by atoms with van der Waals surface area (Å²) in [5.41, 5.74) is 3.80. The van der Waals surface area contributed by atoms with E-state index in [2.05, 4.69) is 16.0 Å². The van der Waals surface area contributed by atoms with Crippen molar-refractivity contribution in [3.63, 3.8) is 0 Å². The summed E-state index contributed by atoms with van der Waals surface area (Å²) in [5.74, 6) is 1.97. The van der Waals surface area contributed by atoms with Crippen molar-refractivity contribution < 1.29 is 33.3 Å². The molecule has 0 radical (unpaired) electrons. The Morgan fingerprint density at radius 3 is 2.02 bits per heavy atom. The van der Waals surface area contributed by atoms with Crippen molar-refractivity contribution in [1.82, 2.24) is 10.6 Å². The number of methoxy groups -OCH3 is 5. The van der Waals surface area contributed by atoms with Gasteiger partial charge in [0, 0.05) is 12.5 Å². The van der Waals surface area contributed by atoms with Gasteiger partial charge in [-0.3, -0.25) is 14.4 Å². The van der Waals surface area contributed by atoms with Crippen molar-refractivity contribution in [2.24, 2.45) is 11.8 Å². The molecule has 11 heteroatoms. The van der Waals surface area contributed by atoms with Gasteiger partial charge in [-0.25, -0.2) is 0 Å². The molecule has 3 aromatic carbocycles. The van der Waals surface area contributed by atoms with Crippen LogP contribution in [-0.2, 0) is 16.0 Å². The van der Waals surface area contributed by atoms with Crippen molar-refractivity contribution in [2.45, 2.75) is 65.6 Å². The number of carbonyl (C=O) groups is 2. The maximum Gasteiger partial charge on any atom is 0.243 e. The van der Waals surface area contributed by atoms with Crippen molar-refractivity contribution in [3.05, 3.63) is 69.4 Å². The van der Waals surface area contributed by atoms with Crippen LogP contribution in [-0.4, -0.2) is 53.4 Å². The number of carbonyl (C=O) groups excluding carboxylic acids is 2. The van der Waals surface area contributed by atoms with Crippen LogP contribution in [0.1, 0.15) is 69.8 Å². The van der Waals surface area contributed by atoms with E-state index in [1.807, 2.05) is 58.0 Å². The summed E-state index contributed by atoms with van der Waals surface area (Å²) >= 11 is 0. The van der Waals surface area contributed by atoms with E-state index in [-0.39, 0.29) is 40.8 Å². The van der Waals surface area contributed by atoms with Gasteiger partial charge in [-0.1, -0.05) is 39.8 Å². The molecule has 1 aliphatic carbocycles. The molecule has 0 aromatic heterocycles. The lowest BCUT2D eigenvalue weighted by Gasteiger charge is -2.28. The lowest BCUT2D eigenvalue weighted by molar-refractivity contribution is -0.123. The van der Waals surface area contributed by atoms with Crippen LogP contribution in [0.4, 0.5) is 5.69 Å². The highest BCUT2D eigenvalue weighted by Crippen LogP contribution is 2.50. The molecule has 264 valence electrons. The van der Waals surface area contributed by atoms with Crippen LogP contribution in [0.15, 0.2) is 47.3 Å². The minimum atomic E-state index is -0.742. The highest BCUT2D eigenvalue weighted by Gasteiger charge is 2.31. The molecule has 0 bridgehead atoms. The zero-order valence-corrected chi connectivity index (χ0v) is 30.1. The third-order valence-corrected chi connectivity index (χ3v) is 8.91. The standard InChI is InChI=1S/C38H49N3O8/c1-20(2)34(24-12-16-30(45-6)31(18-24)46-7)41-38(44)35(21(3)4)40-28-15-13-25-26(19-29(28)43)27(39-22(5)42)14-11-23-17-32(47-8)36(48-9)37(49-10)33(23)25/h12-13,15-21,27,34-35H,11,14H2,1-10H3,(H,39,42)(H,40,43)(H,41,44). The van der Waals surface area contributed by atoms with Gasteiger partial charge in [-0.15, -0.1) is 0 Å². The minimum absolute atomic E-state index is 0.0477. The van der Waals surface area contributed by atoms with Crippen LogP contribution in [0.3, 0.4) is 0 Å². The Labute approximate surface area is 288 Å². The third-order valence-electron chi connectivity index (χ3n) is 8.91. The van der Waals surface area contributed by atoms with Gasteiger partial charge in [0.1, 0.15) is 6.04 Å². The summed E-state index contributed by atoms with van der Waals surface area (Å²) in [6.45, 7) is 9.36. The number of ether oxygens (including phenoxy) is 5. The molecule has 0 aliphatic heterocycles. The fourth-order valence-corrected chi connectivity index (χ4v) is 6.45. The molecule has 0 saturated carbocycles. The van der Waals surface area contributed by atoms with Crippen molar-refractivity contribution in [3.8, 4) is 39.9 Å². The lowest BCUT2D eigenvalue weighted by Crippen LogP contribution is -2.46. The van der Waals surface area contributed by atoms with Crippen LogP contribution in [0.5, 0.6) is 28.7 Å². The second kappa shape index (κ2) is 16.0. The normalized spacial score (nSPS) is 14.8. The van der Waals surface area contributed by atoms with Crippen LogP contribution < -0.4 is 45.1 Å². The number of hydrogen-bond acceptors (Lipinski definition) is 9. The number of nitrogens with one attached hydrogen (secondary N) is 3. The van der Waals surface area contributed by atoms with Gasteiger partial charge in [0.05, 0.1) is 53.3 Å². The lowest BCUT2D eigenvalue weighted by atomic mass is 9.94. The molecule has 0 saturated heterocycles. The Hall–Kier alpha value is -4.93. The van der Waals surface area contributed by atoms with E-state index in [9.17, 15) is 14.4 Å². The second-order valence-corrected chi connectivity index (χ2v) is 12.8. The number of fused-ring (bicyclic) bond motifs is 3. The second-order valence-electron chi connectivity index (χ2n) is 12.8. The van der Waals surface area contributed by atoms with Gasteiger partial charge in [0.2, 0.25) is 23.0 Å². The largest absolute Gasteiger partial charge is 0.493 e. The van der Waals surface area contributed by atoms with Gasteiger partial charge in [-0.05, 0) is 77.3 Å². The Balaban J connectivity index is 1.79. The molecule has 3 atom stereocenters. The first-order chi connectivity index (χ1) is 23.4. The Kier molecular flexibility index (Phi) is 12.0. The summed E-state index contributed by atoms with van der Waals surface area (Å²) < 4.78 is 28.1. The fraction of sp³-hybridized carbons (Fsp3) is 0.447. The number of benzene rings is 2. The van der Waals surface area contributed by atoms with Gasteiger partial charge in [-0.2, -0.15) is 0 Å². The Morgan fingerprint density at radius 2 is 1.45 bits per heavy atom. The minimum Gasteiger partial charge on any atom is -0.493 e. The number of anilines is 1. The zero-order chi connectivity index (χ0) is 36.0. The van der Waals surface area contributed by atoms with Crippen molar-refractivity contribution in [2.75, 3.05) is 40.9 Å². The van der Waals surface area contributed by atoms with Crippen LogP contribution in [0.2, 0.25) is 0 Å². The first-order valence-corrected chi connectivity index (χ1v) is 16.4.